The number of rotatable bonds is 13. The number of nitrogens with one attached hydrogen (secondary N) is 1. The number of aromatic carboxylic acids is 1. The number of benzene rings is 5. The average Bonchev–Trinajstić information content (AvgIpc) is 3.50. The van der Waals surface area contributed by atoms with Crippen molar-refractivity contribution in [2.24, 2.45) is 5.92 Å². The number of amides is 3. The molecular weight excluding hydrogens is 745 g/mol. The third-order valence-corrected chi connectivity index (χ3v) is 11.4. The van der Waals surface area contributed by atoms with Crippen molar-refractivity contribution >= 4 is 35.6 Å². The fourth-order valence-corrected chi connectivity index (χ4v) is 8.26. The molecule has 2 aliphatic rings. The second kappa shape index (κ2) is 18.0. The number of nitrogens with zero attached hydrogens (tertiary/aromatic N) is 1. The van der Waals surface area contributed by atoms with E-state index in [9.17, 15) is 29.4 Å². The van der Waals surface area contributed by atoms with E-state index in [4.69, 9.17) is 14.2 Å². The number of alkyl carbamates (subject to hydrolysis) is 1. The van der Waals surface area contributed by atoms with Gasteiger partial charge in [-0.1, -0.05) is 122 Å². The Morgan fingerprint density at radius 2 is 1.51 bits per heavy atom. The molecule has 1 unspecified atom stereocenters. The monoisotopic (exact) mass is 786 g/mol. The minimum atomic E-state index is -1.02. The number of carbonyl (C=O) groups excluding carboxylic acids is 3. The summed E-state index contributed by atoms with van der Waals surface area (Å²) in [4.78, 5) is 52.6. The number of ether oxygens (including phenoxy) is 3. The van der Waals surface area contributed by atoms with Crippen LogP contribution in [0.4, 0.5) is 4.79 Å². The number of carbonyl (C=O) groups is 4. The van der Waals surface area contributed by atoms with Gasteiger partial charge in [0.15, 0.2) is 6.29 Å². The van der Waals surface area contributed by atoms with Crippen LogP contribution in [0.15, 0.2) is 132 Å². The number of hydrogen-bond donors (Lipinski definition) is 3. The van der Waals surface area contributed by atoms with Gasteiger partial charge < -0.3 is 29.7 Å². The molecule has 12 heteroatoms. The van der Waals surface area contributed by atoms with Crippen LogP contribution in [-0.4, -0.2) is 56.9 Å². The van der Waals surface area contributed by atoms with Crippen LogP contribution >= 0.6 is 11.8 Å². The van der Waals surface area contributed by atoms with Gasteiger partial charge in [0.25, 0.3) is 5.91 Å². The van der Waals surface area contributed by atoms with E-state index < -0.39 is 30.3 Å². The van der Waals surface area contributed by atoms with Gasteiger partial charge in [-0.05, 0) is 45.5 Å². The van der Waals surface area contributed by atoms with Crippen LogP contribution in [0.3, 0.4) is 0 Å². The highest BCUT2D eigenvalue weighted by molar-refractivity contribution is 7.99. The van der Waals surface area contributed by atoms with Crippen LogP contribution in [0.1, 0.15) is 63.9 Å². The Morgan fingerprint density at radius 1 is 0.825 bits per heavy atom. The summed E-state index contributed by atoms with van der Waals surface area (Å²) in [5, 5.41) is 21.9. The molecule has 5 aromatic carbocycles. The maximum absolute atomic E-state index is 13.4. The molecule has 11 nitrogen and oxygen atoms in total. The summed E-state index contributed by atoms with van der Waals surface area (Å²) in [6.45, 7) is 2.06. The average molecular weight is 787 g/mol. The third kappa shape index (κ3) is 9.27. The van der Waals surface area contributed by atoms with E-state index in [1.807, 2.05) is 109 Å². The van der Waals surface area contributed by atoms with Gasteiger partial charge in [-0.3, -0.25) is 14.5 Å². The zero-order valence-electron chi connectivity index (χ0n) is 31.2. The van der Waals surface area contributed by atoms with Gasteiger partial charge in [0, 0.05) is 22.1 Å². The topological polar surface area (TPSA) is 152 Å². The van der Waals surface area contributed by atoms with Crippen LogP contribution in [0.2, 0.25) is 0 Å². The molecule has 2 fully saturated rings. The van der Waals surface area contributed by atoms with Crippen molar-refractivity contribution < 1.29 is 43.6 Å². The molecular formula is C45H42N2O9S. The fourth-order valence-electron chi connectivity index (χ4n) is 7.05. The lowest BCUT2D eigenvalue weighted by atomic mass is 9.91. The van der Waals surface area contributed by atoms with Gasteiger partial charge in [0.2, 0.25) is 5.91 Å². The molecule has 0 aliphatic carbocycles. The molecule has 3 N–H and O–H groups in total. The van der Waals surface area contributed by atoms with Crippen molar-refractivity contribution in [1.82, 2.24) is 10.2 Å². The molecule has 7 rings (SSSR count). The SMILES string of the molecule is C[C@@H]1[C@H](CSc2ccccc2C(=O)O)O[C@H](c2ccc(-c3ccccc3CN3C(=O)CC(NC(=O)OCc4ccccc4)C3=O)cc2)O[C@@H]1c1ccc(CO)cc1. The van der Waals surface area contributed by atoms with E-state index in [1.54, 1.807) is 18.2 Å². The summed E-state index contributed by atoms with van der Waals surface area (Å²) in [7, 11) is 0. The second-order valence-electron chi connectivity index (χ2n) is 14.0. The minimum Gasteiger partial charge on any atom is -0.478 e. The van der Waals surface area contributed by atoms with Gasteiger partial charge >= 0.3 is 12.1 Å². The molecule has 0 aromatic heterocycles. The minimum absolute atomic E-state index is 0.0284. The molecule has 2 saturated heterocycles. The fraction of sp³-hybridized carbons (Fsp3) is 0.244. The maximum atomic E-state index is 13.4. The third-order valence-electron chi connectivity index (χ3n) is 10.2. The second-order valence-corrected chi connectivity index (χ2v) is 15.1. The van der Waals surface area contributed by atoms with Crippen molar-refractivity contribution in [2.45, 2.75) is 62.5 Å². The van der Waals surface area contributed by atoms with Crippen molar-refractivity contribution in [3.05, 3.63) is 161 Å². The number of hydrogen-bond acceptors (Lipinski definition) is 9. The summed E-state index contributed by atoms with van der Waals surface area (Å²) in [6, 6.07) is 38.0. The van der Waals surface area contributed by atoms with Crippen LogP contribution in [0.25, 0.3) is 11.1 Å². The molecule has 3 amide bonds. The molecule has 5 aromatic rings. The molecule has 0 radical (unpaired) electrons. The Hall–Kier alpha value is -5.79. The predicted octanol–water partition coefficient (Wildman–Crippen LogP) is 7.68. The normalized spacial score (nSPS) is 20.7. The highest BCUT2D eigenvalue weighted by atomic mass is 32.2. The van der Waals surface area contributed by atoms with Crippen LogP contribution < -0.4 is 5.32 Å². The van der Waals surface area contributed by atoms with Gasteiger partial charge in [-0.25, -0.2) is 9.59 Å². The van der Waals surface area contributed by atoms with Gasteiger partial charge in [0.05, 0.1) is 37.3 Å². The molecule has 0 bridgehead atoms. The lowest BCUT2D eigenvalue weighted by Crippen LogP contribution is -2.41. The lowest BCUT2D eigenvalue weighted by Gasteiger charge is -2.41. The Balaban J connectivity index is 1.06. The van der Waals surface area contributed by atoms with E-state index >= 15 is 0 Å². The van der Waals surface area contributed by atoms with Crippen LogP contribution in [-0.2, 0) is 43.6 Å². The standard InChI is InChI=1S/C45H42N2O9S/c1-28-38(27-57-39-14-8-7-13-36(39)43(51)52)55-44(56-41(28)32-17-15-29(25-48)16-18-32)33-21-19-31(20-22-33)35-12-6-5-11-34(35)24-47-40(49)23-37(42(47)50)46-45(53)54-26-30-9-3-2-4-10-30/h2-22,28,37-38,41,44,48H,23-27H2,1H3,(H,46,53)(H,51,52)/t28-,37?,38+,41+,44+/m1/s1. The summed E-state index contributed by atoms with van der Waals surface area (Å²) >= 11 is 1.43. The van der Waals surface area contributed by atoms with Crippen LogP contribution in [0.5, 0.6) is 0 Å². The number of imide groups is 1. The molecule has 292 valence electrons. The summed E-state index contributed by atoms with van der Waals surface area (Å²) in [5.41, 5.74) is 5.97. The first-order chi connectivity index (χ1) is 27.7. The number of likely N-dealkylation sites (tertiary alicyclic amines) is 1. The predicted molar refractivity (Wildman–Crippen MR) is 213 cm³/mol. The van der Waals surface area contributed by atoms with Gasteiger partial charge in [-0.2, -0.15) is 0 Å². The zero-order valence-corrected chi connectivity index (χ0v) is 32.0. The van der Waals surface area contributed by atoms with E-state index in [-0.39, 0.29) is 55.8 Å². The van der Waals surface area contributed by atoms with E-state index in [1.165, 1.54) is 16.7 Å². The summed E-state index contributed by atoms with van der Waals surface area (Å²) in [5.74, 6) is -1.48. The zero-order chi connectivity index (χ0) is 39.9. The molecule has 2 heterocycles. The van der Waals surface area contributed by atoms with Crippen LogP contribution in [0, 0.1) is 5.92 Å². The van der Waals surface area contributed by atoms with E-state index in [0.717, 1.165) is 38.9 Å². The van der Waals surface area contributed by atoms with Crippen molar-refractivity contribution in [3.8, 4) is 11.1 Å². The first kappa shape index (κ1) is 39.4. The summed E-state index contributed by atoms with van der Waals surface area (Å²) < 4.78 is 18.5. The number of aliphatic hydroxyl groups excluding tert-OH is 1. The quantitative estimate of drug-likeness (QED) is 0.0801. The maximum Gasteiger partial charge on any atom is 0.408 e. The first-order valence-corrected chi connectivity index (χ1v) is 19.6. The van der Waals surface area contributed by atoms with Crippen molar-refractivity contribution in [3.63, 3.8) is 0 Å². The van der Waals surface area contributed by atoms with E-state index in [2.05, 4.69) is 12.2 Å². The molecule has 0 saturated carbocycles. The Labute approximate surface area is 334 Å². The molecule has 0 spiro atoms. The highest BCUT2D eigenvalue weighted by Gasteiger charge is 2.41. The van der Waals surface area contributed by atoms with Gasteiger partial charge in [0.1, 0.15) is 12.6 Å². The number of carboxylic acid groups (broad SMARTS) is 1. The van der Waals surface area contributed by atoms with Gasteiger partial charge in [-0.15, -0.1) is 11.8 Å². The first-order valence-electron chi connectivity index (χ1n) is 18.6. The Morgan fingerprint density at radius 3 is 2.25 bits per heavy atom. The van der Waals surface area contributed by atoms with E-state index in [0.29, 0.717) is 10.6 Å². The number of thioether (sulfide) groups is 1. The Kier molecular flexibility index (Phi) is 12.4. The summed E-state index contributed by atoms with van der Waals surface area (Å²) in [6.07, 6.45) is -2.33. The molecule has 2 aliphatic heterocycles. The van der Waals surface area contributed by atoms with Crippen molar-refractivity contribution in [1.29, 1.82) is 0 Å². The number of aliphatic hydroxyl groups is 1. The molecule has 5 atom stereocenters. The smallest absolute Gasteiger partial charge is 0.408 e. The molecule has 57 heavy (non-hydrogen) atoms. The highest BCUT2D eigenvalue weighted by Crippen LogP contribution is 2.43. The lowest BCUT2D eigenvalue weighted by molar-refractivity contribution is -0.268. The van der Waals surface area contributed by atoms with Crippen molar-refractivity contribution in [2.75, 3.05) is 5.75 Å². The number of carboxylic acids is 1. The largest absolute Gasteiger partial charge is 0.478 e. The Bertz CT molecular complexity index is 2210.